The molecule has 3 aliphatic rings. The Bertz CT molecular complexity index is 1130. The Morgan fingerprint density at radius 2 is 2.18 bits per heavy atom. The van der Waals surface area contributed by atoms with Gasteiger partial charge >= 0.3 is 0 Å². The van der Waals surface area contributed by atoms with Gasteiger partial charge in [0.2, 0.25) is 5.91 Å². The van der Waals surface area contributed by atoms with Crippen molar-refractivity contribution in [3.8, 4) is 0 Å². The average molecular weight is 459 g/mol. The molecule has 3 unspecified atom stereocenters. The molecule has 2 aromatic rings. The van der Waals surface area contributed by atoms with Crippen molar-refractivity contribution in [1.29, 1.82) is 0 Å². The number of amides is 1. The number of aryl methyl sites for hydroxylation is 1. The van der Waals surface area contributed by atoms with Crippen LogP contribution >= 0.6 is 0 Å². The van der Waals surface area contributed by atoms with Crippen LogP contribution in [-0.4, -0.2) is 69.4 Å². The fourth-order valence-electron chi connectivity index (χ4n) is 4.90. The van der Waals surface area contributed by atoms with Gasteiger partial charge < -0.3 is 14.5 Å². The molecule has 0 aromatic carbocycles. The van der Waals surface area contributed by atoms with E-state index in [9.17, 15) is 9.18 Å². The number of nitrogens with zero attached hydrogens (tertiary/aromatic N) is 6. The van der Waals surface area contributed by atoms with Gasteiger partial charge in [0, 0.05) is 63.6 Å². The van der Waals surface area contributed by atoms with Crippen LogP contribution in [0.2, 0.25) is 0 Å². The van der Waals surface area contributed by atoms with Crippen molar-refractivity contribution in [3.63, 3.8) is 0 Å². The predicted octanol–water partition coefficient (Wildman–Crippen LogP) is 2.58. The minimum atomic E-state index is -1.82. The molecule has 0 N–H and O–H groups in total. The molecule has 0 radical (unpaired) electrons. The molecule has 33 heavy (non-hydrogen) atoms. The van der Waals surface area contributed by atoms with Gasteiger partial charge in [0.25, 0.3) is 0 Å². The number of likely N-dealkylation sites (N-methyl/N-ethyl adjacent to an activating group) is 1. The van der Waals surface area contributed by atoms with E-state index >= 15 is 4.39 Å². The molecule has 5 rings (SSSR count). The number of carbonyl (C=O) groups is 1. The van der Waals surface area contributed by atoms with E-state index in [4.69, 9.17) is 9.84 Å². The summed E-state index contributed by atoms with van der Waals surface area (Å²) in [6, 6.07) is -0.777. The van der Waals surface area contributed by atoms with Crippen LogP contribution in [0, 0.1) is 0 Å². The molecule has 1 fully saturated rings. The number of hydrogen-bond donors (Lipinski definition) is 0. The summed E-state index contributed by atoms with van der Waals surface area (Å²) >= 11 is 0. The van der Waals surface area contributed by atoms with E-state index in [2.05, 4.69) is 5.10 Å². The zero-order valence-electron chi connectivity index (χ0n) is 19.0. The maximum absolute atomic E-state index is 15.1. The summed E-state index contributed by atoms with van der Waals surface area (Å²) in [5, 5.41) is 9.02. The quantitative estimate of drug-likeness (QED) is 0.705. The summed E-state index contributed by atoms with van der Waals surface area (Å²) in [5.41, 5.74) is 3.23. The number of fused-ring (bicyclic) bond motifs is 1. The molecular weight excluding hydrogens is 430 g/mol. The lowest BCUT2D eigenvalue weighted by atomic mass is 9.95. The molecule has 1 amide bonds. The second-order valence-electron chi connectivity index (χ2n) is 8.96. The van der Waals surface area contributed by atoms with Crippen LogP contribution in [0.4, 0.5) is 14.6 Å². The Morgan fingerprint density at radius 1 is 1.36 bits per heavy atom. The number of ether oxygens (including phenoxy) is 1. The molecule has 1 aliphatic carbocycles. The third-order valence-electron chi connectivity index (χ3n) is 6.79. The SMILES string of the molecule is CC(=O)N1CCc2c(c(N(C)C3C=C(c4cnn(C)c4)C=C(F)C3F)nn2C2CCOC2)C1. The van der Waals surface area contributed by atoms with Crippen molar-refractivity contribution in [2.45, 2.75) is 44.6 Å². The highest BCUT2D eigenvalue weighted by molar-refractivity contribution is 5.77. The summed E-state index contributed by atoms with van der Waals surface area (Å²) in [7, 11) is 3.51. The van der Waals surface area contributed by atoms with Gasteiger partial charge in [-0.1, -0.05) is 6.08 Å². The van der Waals surface area contributed by atoms with Gasteiger partial charge in [-0.05, 0) is 18.1 Å². The van der Waals surface area contributed by atoms with Crippen molar-refractivity contribution in [3.05, 3.63) is 47.2 Å². The number of allylic oxidation sites excluding steroid dienone is 2. The standard InChI is InChI=1S/C23H28F2N6O2/c1-14(32)30-6-4-20-18(12-30)23(27-31(20)17-5-7-33-13-17)29(3)21-9-15(8-19(24)22(21)25)16-10-26-28(2)11-16/h8-11,17,21-22H,4-7,12-13H2,1-3H3. The molecule has 1 saturated heterocycles. The normalized spacial score (nSPS) is 25.0. The highest BCUT2D eigenvalue weighted by Crippen LogP contribution is 2.37. The van der Waals surface area contributed by atoms with Gasteiger partial charge in [-0.2, -0.15) is 10.2 Å². The zero-order valence-corrected chi connectivity index (χ0v) is 19.0. The van der Waals surface area contributed by atoms with E-state index in [0.717, 1.165) is 23.2 Å². The zero-order chi connectivity index (χ0) is 23.3. The van der Waals surface area contributed by atoms with E-state index in [1.807, 2.05) is 4.68 Å². The summed E-state index contributed by atoms with van der Waals surface area (Å²) in [6.07, 6.45) is 6.05. The number of aromatic nitrogens is 4. The summed E-state index contributed by atoms with van der Waals surface area (Å²) in [6.45, 7) is 3.81. The van der Waals surface area contributed by atoms with E-state index in [0.29, 0.717) is 44.1 Å². The van der Waals surface area contributed by atoms with Gasteiger partial charge in [-0.15, -0.1) is 0 Å². The lowest BCUT2D eigenvalue weighted by Gasteiger charge is -2.33. The first-order valence-corrected chi connectivity index (χ1v) is 11.2. The van der Waals surface area contributed by atoms with Crippen LogP contribution in [-0.2, 0) is 29.5 Å². The Hall–Kier alpha value is -3.01. The van der Waals surface area contributed by atoms with E-state index in [-0.39, 0.29) is 11.9 Å². The fraction of sp³-hybridized carbons (Fsp3) is 0.522. The molecule has 0 spiro atoms. The van der Waals surface area contributed by atoms with Gasteiger partial charge in [0.05, 0.1) is 31.4 Å². The van der Waals surface area contributed by atoms with Crippen LogP contribution in [0.1, 0.15) is 36.2 Å². The monoisotopic (exact) mass is 458 g/mol. The number of alkyl halides is 1. The Labute approximate surface area is 191 Å². The average Bonchev–Trinajstić information content (AvgIpc) is 3.54. The number of carbonyl (C=O) groups excluding carboxylic acids is 1. The Morgan fingerprint density at radius 3 is 2.85 bits per heavy atom. The molecule has 176 valence electrons. The van der Waals surface area contributed by atoms with Crippen LogP contribution in [0.15, 0.2) is 30.4 Å². The first kappa shape index (κ1) is 21.8. The van der Waals surface area contributed by atoms with Crippen LogP contribution < -0.4 is 4.90 Å². The van der Waals surface area contributed by atoms with Crippen molar-refractivity contribution >= 4 is 17.3 Å². The van der Waals surface area contributed by atoms with Crippen LogP contribution in [0.5, 0.6) is 0 Å². The number of rotatable bonds is 4. The van der Waals surface area contributed by atoms with Crippen molar-refractivity contribution in [1.82, 2.24) is 24.5 Å². The lowest BCUT2D eigenvalue weighted by Crippen LogP contribution is -2.41. The second-order valence-corrected chi connectivity index (χ2v) is 8.96. The Kier molecular flexibility index (Phi) is 5.55. The molecule has 10 heteroatoms. The Balaban J connectivity index is 1.54. The highest BCUT2D eigenvalue weighted by Gasteiger charge is 2.37. The first-order valence-electron chi connectivity index (χ1n) is 11.2. The van der Waals surface area contributed by atoms with E-state index in [1.54, 1.807) is 54.0 Å². The van der Waals surface area contributed by atoms with E-state index < -0.39 is 18.0 Å². The lowest BCUT2D eigenvalue weighted by molar-refractivity contribution is -0.129. The highest BCUT2D eigenvalue weighted by atomic mass is 19.2. The number of anilines is 1. The molecule has 0 saturated carbocycles. The third kappa shape index (κ3) is 3.86. The maximum Gasteiger partial charge on any atom is 0.219 e. The van der Waals surface area contributed by atoms with Crippen LogP contribution in [0.3, 0.4) is 0 Å². The van der Waals surface area contributed by atoms with Crippen LogP contribution in [0.25, 0.3) is 5.57 Å². The number of halogens is 2. The molecule has 0 bridgehead atoms. The molecule has 3 atom stereocenters. The van der Waals surface area contributed by atoms with Crippen molar-refractivity contribution < 1.29 is 18.3 Å². The van der Waals surface area contributed by atoms with Gasteiger partial charge in [0.1, 0.15) is 5.83 Å². The smallest absolute Gasteiger partial charge is 0.219 e. The molecule has 4 heterocycles. The van der Waals surface area contributed by atoms with Gasteiger partial charge in [0.15, 0.2) is 12.0 Å². The first-order chi connectivity index (χ1) is 15.8. The molecule has 2 aromatic heterocycles. The summed E-state index contributed by atoms with van der Waals surface area (Å²) in [4.78, 5) is 15.5. The molecule has 8 nitrogen and oxygen atoms in total. The van der Waals surface area contributed by atoms with Crippen molar-refractivity contribution in [2.24, 2.45) is 7.05 Å². The second kappa shape index (κ2) is 8.40. The maximum atomic E-state index is 15.1. The predicted molar refractivity (Wildman–Crippen MR) is 119 cm³/mol. The largest absolute Gasteiger partial charge is 0.379 e. The van der Waals surface area contributed by atoms with Gasteiger partial charge in [-0.25, -0.2) is 8.78 Å². The third-order valence-corrected chi connectivity index (χ3v) is 6.79. The topological polar surface area (TPSA) is 68.4 Å². The van der Waals surface area contributed by atoms with Gasteiger partial charge in [-0.3, -0.25) is 14.2 Å². The van der Waals surface area contributed by atoms with E-state index in [1.165, 1.54) is 6.08 Å². The minimum absolute atomic E-state index is 0.0139. The fourth-order valence-corrected chi connectivity index (χ4v) is 4.90. The summed E-state index contributed by atoms with van der Waals surface area (Å²) in [5.74, 6) is -0.261. The minimum Gasteiger partial charge on any atom is -0.379 e. The van der Waals surface area contributed by atoms with Crippen molar-refractivity contribution in [2.75, 3.05) is 31.7 Å². The molecular formula is C23H28F2N6O2. The summed E-state index contributed by atoms with van der Waals surface area (Å²) < 4.78 is 39.0. The molecule has 2 aliphatic heterocycles. The number of hydrogen-bond acceptors (Lipinski definition) is 5.